The molecule has 0 spiro atoms. The quantitative estimate of drug-likeness (QED) is 0.582. The molecule has 0 N–H and O–H groups in total. The van der Waals surface area contributed by atoms with Gasteiger partial charge in [0.05, 0.1) is 6.04 Å². The Kier molecular flexibility index (Phi) is 3.08. The predicted molar refractivity (Wildman–Crippen MR) is 79.0 cm³/mol. The normalized spacial score (nSPS) is 17.1. The largest absolute Gasteiger partial charge is 0.320 e. The van der Waals surface area contributed by atoms with Gasteiger partial charge in [0.1, 0.15) is 5.82 Å². The van der Waals surface area contributed by atoms with E-state index in [2.05, 4.69) is 59.6 Å². The van der Waals surface area contributed by atoms with Crippen molar-refractivity contribution in [3.63, 3.8) is 0 Å². The molecule has 0 radical (unpaired) electrons. The second-order valence-electron chi connectivity index (χ2n) is 4.96. The predicted octanol–water partition coefficient (Wildman–Crippen LogP) is 4.37. The lowest BCUT2D eigenvalue weighted by atomic mass is 9.97. The molecule has 2 nitrogen and oxygen atoms in total. The summed E-state index contributed by atoms with van der Waals surface area (Å²) < 4.78 is 2.27. The van der Waals surface area contributed by atoms with Gasteiger partial charge in [-0.2, -0.15) is 0 Å². The summed E-state index contributed by atoms with van der Waals surface area (Å²) in [5, 5.41) is 0. The van der Waals surface area contributed by atoms with Gasteiger partial charge in [0, 0.05) is 18.0 Å². The van der Waals surface area contributed by atoms with Gasteiger partial charge in [-0.05, 0) is 25.3 Å². The minimum atomic E-state index is 0.304. The summed E-state index contributed by atoms with van der Waals surface area (Å²) in [7, 11) is 0. The van der Waals surface area contributed by atoms with Crippen molar-refractivity contribution in [2.24, 2.45) is 0 Å². The molecule has 2 aromatic rings. The number of allylic oxidation sites excluding steroid dienone is 3. The van der Waals surface area contributed by atoms with Gasteiger partial charge in [-0.15, -0.1) is 6.58 Å². The molecule has 2 heteroatoms. The molecule has 0 bridgehead atoms. The fraction of sp³-hybridized carbons (Fsp3) is 0.235. The monoisotopic (exact) mass is 250 g/mol. The van der Waals surface area contributed by atoms with E-state index in [0.717, 1.165) is 18.7 Å². The van der Waals surface area contributed by atoms with E-state index in [4.69, 9.17) is 0 Å². The van der Waals surface area contributed by atoms with Crippen molar-refractivity contribution >= 4 is 0 Å². The highest BCUT2D eigenvalue weighted by Crippen LogP contribution is 2.41. The van der Waals surface area contributed by atoms with Crippen molar-refractivity contribution < 1.29 is 0 Å². The number of fused-ring (bicyclic) bond motifs is 3. The van der Waals surface area contributed by atoms with Crippen LogP contribution in [0.25, 0.3) is 11.4 Å². The van der Waals surface area contributed by atoms with Gasteiger partial charge in [0.2, 0.25) is 0 Å². The molecular formula is C17H18N2. The van der Waals surface area contributed by atoms with E-state index < -0.39 is 0 Å². The standard InChI is InChI=1S/C17H18N2/c1-3-4-5-8-13(2)16-14-9-6-7-10-15(14)17-18-11-12-19(16)17/h3,6-12,16H,1,4-5H2,2H3/b13-8+. The van der Waals surface area contributed by atoms with Crippen LogP contribution in [-0.4, -0.2) is 9.55 Å². The number of unbranched alkanes of at least 4 members (excludes halogenated alkanes) is 1. The zero-order valence-electron chi connectivity index (χ0n) is 11.2. The second kappa shape index (κ2) is 4.88. The third kappa shape index (κ3) is 1.93. The van der Waals surface area contributed by atoms with Gasteiger partial charge < -0.3 is 4.57 Å². The zero-order chi connectivity index (χ0) is 13.2. The van der Waals surface area contributed by atoms with Crippen molar-refractivity contribution in [1.29, 1.82) is 0 Å². The summed E-state index contributed by atoms with van der Waals surface area (Å²) in [5.41, 5.74) is 4.00. The minimum Gasteiger partial charge on any atom is -0.320 e. The first-order chi connectivity index (χ1) is 9.33. The number of hydrogen-bond acceptors (Lipinski definition) is 1. The molecule has 0 fully saturated rings. The zero-order valence-corrected chi connectivity index (χ0v) is 11.2. The van der Waals surface area contributed by atoms with Crippen LogP contribution in [0.15, 0.2) is 61.0 Å². The second-order valence-corrected chi connectivity index (χ2v) is 4.96. The summed E-state index contributed by atoms with van der Waals surface area (Å²) in [6.07, 6.45) is 10.3. The highest BCUT2D eigenvalue weighted by Gasteiger charge is 2.29. The third-order valence-corrected chi connectivity index (χ3v) is 3.71. The smallest absolute Gasteiger partial charge is 0.141 e. The molecule has 1 unspecified atom stereocenters. The average molecular weight is 250 g/mol. The summed E-state index contributed by atoms with van der Waals surface area (Å²) in [4.78, 5) is 4.49. The molecule has 2 heterocycles. The molecule has 3 rings (SSSR count). The molecule has 0 amide bonds. The van der Waals surface area contributed by atoms with Gasteiger partial charge in [-0.1, -0.05) is 42.0 Å². The lowest BCUT2D eigenvalue weighted by Crippen LogP contribution is -2.06. The highest BCUT2D eigenvalue weighted by molar-refractivity contribution is 5.67. The summed E-state index contributed by atoms with van der Waals surface area (Å²) in [6, 6.07) is 8.86. The third-order valence-electron chi connectivity index (χ3n) is 3.71. The highest BCUT2D eigenvalue weighted by atomic mass is 15.1. The number of benzene rings is 1. The van der Waals surface area contributed by atoms with Crippen molar-refractivity contribution in [3.05, 3.63) is 66.5 Å². The van der Waals surface area contributed by atoms with Gasteiger partial charge in [0.15, 0.2) is 0 Å². The summed E-state index contributed by atoms with van der Waals surface area (Å²) >= 11 is 0. The lowest BCUT2D eigenvalue weighted by Gasteiger charge is -2.15. The Morgan fingerprint density at radius 3 is 3.05 bits per heavy atom. The van der Waals surface area contributed by atoms with Crippen LogP contribution in [0, 0.1) is 0 Å². The van der Waals surface area contributed by atoms with Gasteiger partial charge in [0.25, 0.3) is 0 Å². The van der Waals surface area contributed by atoms with Crippen LogP contribution in [0.1, 0.15) is 31.4 Å². The first-order valence-corrected chi connectivity index (χ1v) is 6.72. The molecule has 96 valence electrons. The van der Waals surface area contributed by atoms with Gasteiger partial charge in [-0.3, -0.25) is 0 Å². The molecule has 1 aromatic carbocycles. The number of rotatable bonds is 4. The first-order valence-electron chi connectivity index (χ1n) is 6.72. The van der Waals surface area contributed by atoms with Crippen LogP contribution >= 0.6 is 0 Å². The SMILES string of the molecule is C=CCC/C=C(\C)C1c2ccccc2-c2nccn21. The molecule has 1 aromatic heterocycles. The van der Waals surface area contributed by atoms with Crippen LogP contribution in [0.3, 0.4) is 0 Å². The number of nitrogens with zero attached hydrogens (tertiary/aromatic N) is 2. The van der Waals surface area contributed by atoms with E-state index >= 15 is 0 Å². The Balaban J connectivity index is 2.03. The van der Waals surface area contributed by atoms with E-state index in [9.17, 15) is 0 Å². The maximum absolute atomic E-state index is 4.49. The number of aromatic nitrogens is 2. The van der Waals surface area contributed by atoms with Crippen LogP contribution in [0.5, 0.6) is 0 Å². The Morgan fingerprint density at radius 2 is 2.21 bits per heavy atom. The Labute approximate surface area is 114 Å². The Bertz CT molecular complexity index is 634. The molecule has 1 aliphatic heterocycles. The maximum atomic E-state index is 4.49. The summed E-state index contributed by atoms with van der Waals surface area (Å²) in [5.74, 6) is 1.08. The first kappa shape index (κ1) is 12.0. The van der Waals surface area contributed by atoms with E-state index in [1.165, 1.54) is 16.7 Å². The Hall–Kier alpha value is -2.09. The number of imidazole rings is 1. The molecule has 1 atom stereocenters. The van der Waals surface area contributed by atoms with Crippen molar-refractivity contribution in [2.75, 3.05) is 0 Å². The van der Waals surface area contributed by atoms with Gasteiger partial charge in [-0.25, -0.2) is 4.98 Å². The van der Waals surface area contributed by atoms with E-state index in [1.807, 2.05) is 12.3 Å². The van der Waals surface area contributed by atoms with Gasteiger partial charge >= 0.3 is 0 Å². The van der Waals surface area contributed by atoms with Crippen LogP contribution < -0.4 is 0 Å². The molecule has 1 aliphatic rings. The maximum Gasteiger partial charge on any atom is 0.141 e. The van der Waals surface area contributed by atoms with Crippen LogP contribution in [0.4, 0.5) is 0 Å². The average Bonchev–Trinajstić information content (AvgIpc) is 2.98. The Morgan fingerprint density at radius 1 is 1.37 bits per heavy atom. The van der Waals surface area contributed by atoms with E-state index in [-0.39, 0.29) is 0 Å². The van der Waals surface area contributed by atoms with Crippen LogP contribution in [-0.2, 0) is 0 Å². The van der Waals surface area contributed by atoms with Crippen molar-refractivity contribution in [2.45, 2.75) is 25.8 Å². The lowest BCUT2D eigenvalue weighted by molar-refractivity contribution is 0.696. The fourth-order valence-corrected chi connectivity index (χ4v) is 2.82. The number of hydrogen-bond donors (Lipinski definition) is 0. The van der Waals surface area contributed by atoms with E-state index in [0.29, 0.717) is 6.04 Å². The van der Waals surface area contributed by atoms with Crippen molar-refractivity contribution in [1.82, 2.24) is 9.55 Å². The molecule has 0 saturated heterocycles. The molecule has 19 heavy (non-hydrogen) atoms. The van der Waals surface area contributed by atoms with Crippen molar-refractivity contribution in [3.8, 4) is 11.4 Å². The molecular weight excluding hydrogens is 232 g/mol. The van der Waals surface area contributed by atoms with E-state index in [1.54, 1.807) is 0 Å². The molecule has 0 saturated carbocycles. The molecule has 0 aliphatic carbocycles. The fourth-order valence-electron chi connectivity index (χ4n) is 2.82. The van der Waals surface area contributed by atoms with Crippen LogP contribution in [0.2, 0.25) is 0 Å². The summed E-state index contributed by atoms with van der Waals surface area (Å²) in [6.45, 7) is 5.98. The minimum absolute atomic E-state index is 0.304. The topological polar surface area (TPSA) is 17.8 Å².